The van der Waals surface area contributed by atoms with Crippen molar-refractivity contribution in [3.05, 3.63) is 51.9 Å². The van der Waals surface area contributed by atoms with Crippen LogP contribution in [0.1, 0.15) is 31.4 Å². The first-order valence-corrected chi connectivity index (χ1v) is 8.07. The molecule has 5 nitrogen and oxygen atoms in total. The fraction of sp³-hybridized carbons (Fsp3) is 0.368. The van der Waals surface area contributed by atoms with E-state index in [1.54, 1.807) is 12.1 Å². The van der Waals surface area contributed by atoms with Crippen LogP contribution in [-0.2, 0) is 9.53 Å². The molecule has 0 bridgehead atoms. The van der Waals surface area contributed by atoms with E-state index >= 15 is 0 Å². The van der Waals surface area contributed by atoms with E-state index in [4.69, 9.17) is 9.15 Å². The SMILES string of the molecule is Cc1ccc2occ(/C=C/C(=O)NCCCOC(C)C)c(=O)c2c1. The van der Waals surface area contributed by atoms with Crippen LogP contribution in [0, 0.1) is 6.92 Å². The molecule has 5 heteroatoms. The maximum atomic E-state index is 12.4. The summed E-state index contributed by atoms with van der Waals surface area (Å²) in [6, 6.07) is 5.44. The van der Waals surface area contributed by atoms with E-state index in [1.807, 2.05) is 26.8 Å². The van der Waals surface area contributed by atoms with Crippen molar-refractivity contribution in [1.29, 1.82) is 0 Å². The minimum absolute atomic E-state index is 0.144. The fourth-order valence-corrected chi connectivity index (χ4v) is 2.20. The largest absolute Gasteiger partial charge is 0.463 e. The van der Waals surface area contributed by atoms with E-state index in [0.29, 0.717) is 29.7 Å². The van der Waals surface area contributed by atoms with Gasteiger partial charge < -0.3 is 14.5 Å². The molecule has 0 fully saturated rings. The highest BCUT2D eigenvalue weighted by Gasteiger charge is 2.05. The van der Waals surface area contributed by atoms with Gasteiger partial charge in [-0.05, 0) is 45.4 Å². The molecule has 0 aliphatic rings. The molecule has 2 aromatic rings. The fourth-order valence-electron chi connectivity index (χ4n) is 2.20. The number of rotatable bonds is 7. The Kier molecular flexibility index (Phi) is 6.32. The van der Waals surface area contributed by atoms with Crippen LogP contribution in [0.15, 0.2) is 39.7 Å². The minimum Gasteiger partial charge on any atom is -0.463 e. The first-order valence-electron chi connectivity index (χ1n) is 8.07. The first-order chi connectivity index (χ1) is 11.5. The molecule has 0 saturated heterocycles. The van der Waals surface area contributed by atoms with E-state index < -0.39 is 0 Å². The van der Waals surface area contributed by atoms with Crippen molar-refractivity contribution in [1.82, 2.24) is 5.32 Å². The zero-order valence-electron chi connectivity index (χ0n) is 14.3. The number of ether oxygens (including phenoxy) is 1. The van der Waals surface area contributed by atoms with Crippen LogP contribution in [0.5, 0.6) is 0 Å². The maximum absolute atomic E-state index is 12.4. The number of fused-ring (bicyclic) bond motifs is 1. The second-order valence-corrected chi connectivity index (χ2v) is 5.92. The summed E-state index contributed by atoms with van der Waals surface area (Å²) in [5.74, 6) is -0.247. The summed E-state index contributed by atoms with van der Waals surface area (Å²) in [7, 11) is 0. The smallest absolute Gasteiger partial charge is 0.244 e. The molecule has 24 heavy (non-hydrogen) atoms. The van der Waals surface area contributed by atoms with Crippen LogP contribution in [0.25, 0.3) is 17.0 Å². The lowest BCUT2D eigenvalue weighted by Crippen LogP contribution is -2.23. The Bertz CT molecular complexity index is 790. The summed E-state index contributed by atoms with van der Waals surface area (Å²) in [6.45, 7) is 6.99. The van der Waals surface area contributed by atoms with Crippen LogP contribution in [0.2, 0.25) is 0 Å². The van der Waals surface area contributed by atoms with Crippen LogP contribution >= 0.6 is 0 Å². The predicted octanol–water partition coefficient (Wildman–Crippen LogP) is 3.05. The molecule has 0 aliphatic heterocycles. The first kappa shape index (κ1) is 17.9. The van der Waals surface area contributed by atoms with Gasteiger partial charge in [-0.2, -0.15) is 0 Å². The van der Waals surface area contributed by atoms with Crippen LogP contribution in [0.4, 0.5) is 0 Å². The summed E-state index contributed by atoms with van der Waals surface area (Å²) in [6.07, 6.45) is 5.14. The van der Waals surface area contributed by atoms with Gasteiger partial charge >= 0.3 is 0 Å². The average Bonchev–Trinajstić information content (AvgIpc) is 2.54. The van der Waals surface area contributed by atoms with Crippen LogP contribution < -0.4 is 10.7 Å². The predicted molar refractivity (Wildman–Crippen MR) is 95.0 cm³/mol. The van der Waals surface area contributed by atoms with E-state index in [0.717, 1.165) is 12.0 Å². The monoisotopic (exact) mass is 329 g/mol. The van der Waals surface area contributed by atoms with Crippen LogP contribution in [-0.4, -0.2) is 25.2 Å². The van der Waals surface area contributed by atoms with Crippen molar-refractivity contribution < 1.29 is 13.9 Å². The Morgan fingerprint density at radius 3 is 2.92 bits per heavy atom. The highest BCUT2D eigenvalue weighted by atomic mass is 16.5. The van der Waals surface area contributed by atoms with Crippen LogP contribution in [0.3, 0.4) is 0 Å². The standard InChI is InChI=1S/C19H23NO4/c1-13(2)23-10-4-9-20-18(21)8-6-15-12-24-17-7-5-14(3)11-16(17)19(15)22/h5-8,11-13H,4,9-10H2,1-3H3,(H,20,21)/b8-6+. The zero-order chi connectivity index (χ0) is 17.5. The van der Waals surface area contributed by atoms with Gasteiger partial charge in [-0.25, -0.2) is 0 Å². The molecule has 0 saturated carbocycles. The molecule has 128 valence electrons. The second-order valence-electron chi connectivity index (χ2n) is 5.92. The number of nitrogens with one attached hydrogen (secondary N) is 1. The zero-order valence-corrected chi connectivity index (χ0v) is 14.3. The number of benzene rings is 1. The number of aryl methyl sites for hydroxylation is 1. The molecule has 1 heterocycles. The van der Waals surface area contributed by atoms with Crippen molar-refractivity contribution in [2.75, 3.05) is 13.2 Å². The van der Waals surface area contributed by atoms with Gasteiger partial charge in [0.2, 0.25) is 5.91 Å². The number of hydrogen-bond donors (Lipinski definition) is 1. The molecule has 2 rings (SSSR count). The van der Waals surface area contributed by atoms with Gasteiger partial charge in [0, 0.05) is 19.2 Å². The highest BCUT2D eigenvalue weighted by molar-refractivity contribution is 5.92. The Labute approximate surface area is 141 Å². The molecule has 0 spiro atoms. The molecule has 0 unspecified atom stereocenters. The quantitative estimate of drug-likeness (QED) is 0.626. The molecule has 1 amide bonds. The van der Waals surface area contributed by atoms with Gasteiger partial charge in [-0.3, -0.25) is 9.59 Å². The van der Waals surface area contributed by atoms with Gasteiger partial charge in [0.25, 0.3) is 0 Å². The molecule has 1 aromatic heterocycles. The summed E-state index contributed by atoms with van der Waals surface area (Å²) in [5.41, 5.74) is 1.73. The topological polar surface area (TPSA) is 68.5 Å². The Morgan fingerprint density at radius 2 is 2.17 bits per heavy atom. The van der Waals surface area contributed by atoms with Crippen molar-refractivity contribution in [3.63, 3.8) is 0 Å². The lowest BCUT2D eigenvalue weighted by atomic mass is 10.1. The van der Waals surface area contributed by atoms with Crippen molar-refractivity contribution >= 4 is 23.0 Å². The van der Waals surface area contributed by atoms with Gasteiger partial charge in [0.05, 0.1) is 17.1 Å². The third-order valence-corrected chi connectivity index (χ3v) is 3.44. The Morgan fingerprint density at radius 1 is 1.38 bits per heavy atom. The minimum atomic E-state index is -0.247. The van der Waals surface area contributed by atoms with Gasteiger partial charge in [-0.15, -0.1) is 0 Å². The van der Waals surface area contributed by atoms with Crippen molar-refractivity contribution in [2.24, 2.45) is 0 Å². The normalized spacial score (nSPS) is 11.5. The molecule has 1 N–H and O–H groups in total. The Balaban J connectivity index is 1.96. The molecule has 0 aliphatic carbocycles. The van der Waals surface area contributed by atoms with E-state index in [9.17, 15) is 9.59 Å². The van der Waals surface area contributed by atoms with Gasteiger partial charge in [0.1, 0.15) is 11.8 Å². The van der Waals surface area contributed by atoms with E-state index in [-0.39, 0.29) is 17.4 Å². The lowest BCUT2D eigenvalue weighted by Gasteiger charge is -2.07. The highest BCUT2D eigenvalue weighted by Crippen LogP contribution is 2.13. The number of amides is 1. The second kappa shape index (κ2) is 8.45. The van der Waals surface area contributed by atoms with E-state index in [1.165, 1.54) is 18.4 Å². The molecule has 0 atom stereocenters. The number of hydrogen-bond acceptors (Lipinski definition) is 4. The summed E-state index contributed by atoms with van der Waals surface area (Å²) in [5, 5.41) is 3.27. The number of carbonyl (C=O) groups excluding carboxylic acids is 1. The van der Waals surface area contributed by atoms with Crippen molar-refractivity contribution in [3.8, 4) is 0 Å². The van der Waals surface area contributed by atoms with Gasteiger partial charge in [0.15, 0.2) is 5.43 Å². The molecule has 1 aromatic carbocycles. The summed E-state index contributed by atoms with van der Waals surface area (Å²) in [4.78, 5) is 24.2. The Hall–Kier alpha value is -2.40. The third kappa shape index (κ3) is 5.06. The summed E-state index contributed by atoms with van der Waals surface area (Å²) >= 11 is 0. The average molecular weight is 329 g/mol. The van der Waals surface area contributed by atoms with Gasteiger partial charge in [-0.1, -0.05) is 11.6 Å². The maximum Gasteiger partial charge on any atom is 0.244 e. The summed E-state index contributed by atoms with van der Waals surface area (Å²) < 4.78 is 10.8. The number of carbonyl (C=O) groups is 1. The molecule has 0 radical (unpaired) electrons. The lowest BCUT2D eigenvalue weighted by molar-refractivity contribution is -0.116. The van der Waals surface area contributed by atoms with Crippen molar-refractivity contribution in [2.45, 2.75) is 33.3 Å². The molecular weight excluding hydrogens is 306 g/mol. The third-order valence-electron chi connectivity index (χ3n) is 3.44. The van der Waals surface area contributed by atoms with E-state index in [2.05, 4.69) is 5.32 Å². The molecular formula is C19H23NO4.